The first kappa shape index (κ1) is 13.9. The van der Waals surface area contributed by atoms with Crippen LogP contribution in [0.3, 0.4) is 0 Å². The van der Waals surface area contributed by atoms with Gasteiger partial charge in [0, 0.05) is 5.41 Å². The molecule has 1 aromatic carbocycles. The molecule has 1 atom stereocenters. The molecule has 1 aliphatic carbocycles. The summed E-state index contributed by atoms with van der Waals surface area (Å²) in [5, 5.41) is 9.16. The number of aliphatic carboxylic acids is 1. The van der Waals surface area contributed by atoms with Crippen LogP contribution >= 0.6 is 0 Å². The number of carboxylic acid groups (broad SMARTS) is 1. The number of nitrogens with two attached hydrogens (primary N) is 1. The number of carboxylic acids is 1. The van der Waals surface area contributed by atoms with E-state index in [0.29, 0.717) is 18.4 Å². The van der Waals surface area contributed by atoms with Crippen LogP contribution in [-0.2, 0) is 16.4 Å². The Labute approximate surface area is 108 Å². The average Bonchev–Trinajstić information content (AvgIpc) is 3.09. The maximum atomic E-state index is 12.7. The van der Waals surface area contributed by atoms with Crippen molar-refractivity contribution in [1.29, 1.82) is 0 Å². The molecule has 0 bridgehead atoms. The van der Waals surface area contributed by atoms with E-state index >= 15 is 0 Å². The Hall–Kier alpha value is -1.56. The maximum Gasteiger partial charge on any atom is 0.416 e. The fourth-order valence-electron chi connectivity index (χ4n) is 2.43. The lowest BCUT2D eigenvalue weighted by Crippen LogP contribution is -2.55. The molecule has 0 aromatic heterocycles. The molecule has 1 aliphatic rings. The van der Waals surface area contributed by atoms with Crippen LogP contribution in [0.4, 0.5) is 13.2 Å². The van der Waals surface area contributed by atoms with Crippen LogP contribution in [0.25, 0.3) is 0 Å². The van der Waals surface area contributed by atoms with Crippen molar-refractivity contribution >= 4 is 5.97 Å². The number of benzene rings is 1. The van der Waals surface area contributed by atoms with Gasteiger partial charge < -0.3 is 10.8 Å². The van der Waals surface area contributed by atoms with E-state index in [-0.39, 0.29) is 0 Å². The lowest BCUT2D eigenvalue weighted by molar-refractivity contribution is -0.144. The number of hydrogen-bond acceptors (Lipinski definition) is 2. The molecule has 1 aromatic rings. The zero-order chi connectivity index (χ0) is 14.5. The van der Waals surface area contributed by atoms with Gasteiger partial charge in [-0.25, -0.2) is 0 Å². The SMILES string of the molecule is CC(N)(C(=O)O)C1(c2cccc(C(F)(F)F)c2)CC1. The first-order chi connectivity index (χ1) is 8.61. The average molecular weight is 273 g/mol. The summed E-state index contributed by atoms with van der Waals surface area (Å²) >= 11 is 0. The van der Waals surface area contributed by atoms with Gasteiger partial charge in [0.25, 0.3) is 0 Å². The predicted octanol–water partition coefficient (Wildman–Crippen LogP) is 2.54. The summed E-state index contributed by atoms with van der Waals surface area (Å²) in [5.41, 5.74) is 2.90. The standard InChI is InChI=1S/C13H14F3NO2/c1-11(17,10(18)19)12(5-6-12)8-3-2-4-9(7-8)13(14,15)16/h2-4,7H,5-6,17H2,1H3,(H,18,19). The van der Waals surface area contributed by atoms with Crippen molar-refractivity contribution in [3.8, 4) is 0 Å². The Morgan fingerprint density at radius 1 is 1.37 bits per heavy atom. The number of carbonyl (C=O) groups is 1. The molecule has 3 N–H and O–H groups in total. The minimum absolute atomic E-state index is 0.342. The van der Waals surface area contributed by atoms with E-state index in [1.807, 2.05) is 0 Å². The molecule has 1 fully saturated rings. The Balaban J connectivity index is 2.46. The molecule has 3 nitrogen and oxygen atoms in total. The Bertz CT molecular complexity index is 519. The van der Waals surface area contributed by atoms with Crippen LogP contribution in [0.5, 0.6) is 0 Å². The van der Waals surface area contributed by atoms with Crippen molar-refractivity contribution in [3.05, 3.63) is 35.4 Å². The van der Waals surface area contributed by atoms with E-state index in [1.165, 1.54) is 19.1 Å². The zero-order valence-electron chi connectivity index (χ0n) is 10.3. The van der Waals surface area contributed by atoms with Crippen molar-refractivity contribution in [2.45, 2.75) is 36.9 Å². The predicted molar refractivity (Wildman–Crippen MR) is 62.6 cm³/mol. The van der Waals surface area contributed by atoms with Crippen molar-refractivity contribution < 1.29 is 23.1 Å². The lowest BCUT2D eigenvalue weighted by Gasteiger charge is -2.31. The lowest BCUT2D eigenvalue weighted by atomic mass is 9.77. The third-order valence-corrected chi connectivity index (χ3v) is 3.93. The van der Waals surface area contributed by atoms with Crippen molar-refractivity contribution in [1.82, 2.24) is 0 Å². The first-order valence-corrected chi connectivity index (χ1v) is 5.81. The Kier molecular flexibility index (Phi) is 2.89. The molecule has 1 unspecified atom stereocenters. The number of halogens is 3. The summed E-state index contributed by atoms with van der Waals surface area (Å²) in [6, 6.07) is 4.77. The summed E-state index contributed by atoms with van der Waals surface area (Å²) < 4.78 is 38.1. The highest BCUT2D eigenvalue weighted by atomic mass is 19.4. The van der Waals surface area contributed by atoms with E-state index in [1.54, 1.807) is 0 Å². The number of rotatable bonds is 3. The second-order valence-electron chi connectivity index (χ2n) is 5.17. The fourth-order valence-corrected chi connectivity index (χ4v) is 2.43. The summed E-state index contributed by atoms with van der Waals surface area (Å²) in [6.07, 6.45) is -3.48. The van der Waals surface area contributed by atoms with Crippen molar-refractivity contribution in [2.75, 3.05) is 0 Å². The second-order valence-corrected chi connectivity index (χ2v) is 5.17. The van der Waals surface area contributed by atoms with Crippen LogP contribution < -0.4 is 5.73 Å². The third-order valence-electron chi connectivity index (χ3n) is 3.93. The first-order valence-electron chi connectivity index (χ1n) is 5.81. The van der Waals surface area contributed by atoms with Gasteiger partial charge in [0.1, 0.15) is 5.54 Å². The Morgan fingerprint density at radius 2 is 1.95 bits per heavy atom. The quantitative estimate of drug-likeness (QED) is 0.889. The molecule has 0 amide bonds. The topological polar surface area (TPSA) is 63.3 Å². The summed E-state index contributed by atoms with van der Waals surface area (Å²) in [5.74, 6) is -1.21. The largest absolute Gasteiger partial charge is 0.480 e. The van der Waals surface area contributed by atoms with Gasteiger partial charge in [-0.15, -0.1) is 0 Å². The Morgan fingerprint density at radius 3 is 2.37 bits per heavy atom. The molecule has 0 radical (unpaired) electrons. The zero-order valence-corrected chi connectivity index (χ0v) is 10.3. The van der Waals surface area contributed by atoms with Gasteiger partial charge >= 0.3 is 12.1 Å². The van der Waals surface area contributed by atoms with E-state index in [9.17, 15) is 18.0 Å². The highest BCUT2D eigenvalue weighted by Crippen LogP contribution is 2.55. The molecule has 0 heterocycles. The minimum atomic E-state index is -4.44. The molecular weight excluding hydrogens is 259 g/mol. The van der Waals surface area contributed by atoms with Gasteiger partial charge in [-0.3, -0.25) is 4.79 Å². The van der Waals surface area contributed by atoms with Gasteiger partial charge in [0.05, 0.1) is 5.56 Å². The van der Waals surface area contributed by atoms with E-state index in [2.05, 4.69) is 0 Å². The van der Waals surface area contributed by atoms with E-state index in [0.717, 1.165) is 12.1 Å². The van der Waals surface area contributed by atoms with Gasteiger partial charge in [0.15, 0.2) is 0 Å². The monoisotopic (exact) mass is 273 g/mol. The fraction of sp³-hybridized carbons (Fsp3) is 0.462. The molecule has 19 heavy (non-hydrogen) atoms. The van der Waals surface area contributed by atoms with Gasteiger partial charge in [-0.2, -0.15) is 13.2 Å². The van der Waals surface area contributed by atoms with Gasteiger partial charge in [0.2, 0.25) is 0 Å². The van der Waals surface area contributed by atoms with Crippen LogP contribution in [0.2, 0.25) is 0 Å². The molecule has 0 aliphatic heterocycles. The van der Waals surface area contributed by atoms with Crippen LogP contribution in [0.15, 0.2) is 24.3 Å². The number of alkyl halides is 3. The second kappa shape index (κ2) is 3.96. The molecule has 2 rings (SSSR count). The van der Waals surface area contributed by atoms with Crippen LogP contribution in [0, 0.1) is 0 Å². The molecular formula is C13H14F3NO2. The molecule has 0 spiro atoms. The van der Waals surface area contributed by atoms with Crippen LogP contribution in [-0.4, -0.2) is 16.6 Å². The molecule has 6 heteroatoms. The normalized spacial score (nSPS) is 20.7. The maximum absolute atomic E-state index is 12.7. The third kappa shape index (κ3) is 2.10. The smallest absolute Gasteiger partial charge is 0.416 e. The van der Waals surface area contributed by atoms with Gasteiger partial charge in [-0.05, 0) is 31.4 Å². The number of hydrogen-bond donors (Lipinski definition) is 2. The van der Waals surface area contributed by atoms with Gasteiger partial charge in [-0.1, -0.05) is 18.2 Å². The highest BCUT2D eigenvalue weighted by molar-refractivity contribution is 5.82. The molecule has 0 saturated heterocycles. The van der Waals surface area contributed by atoms with Crippen LogP contribution in [0.1, 0.15) is 30.9 Å². The highest BCUT2D eigenvalue weighted by Gasteiger charge is 2.60. The van der Waals surface area contributed by atoms with Crippen molar-refractivity contribution in [2.24, 2.45) is 5.73 Å². The summed E-state index contributed by atoms with van der Waals surface area (Å²) in [7, 11) is 0. The molecule has 1 saturated carbocycles. The van der Waals surface area contributed by atoms with E-state index in [4.69, 9.17) is 10.8 Å². The summed E-state index contributed by atoms with van der Waals surface area (Å²) in [6.45, 7) is 1.35. The molecule has 104 valence electrons. The minimum Gasteiger partial charge on any atom is -0.480 e. The van der Waals surface area contributed by atoms with E-state index < -0.39 is 28.7 Å². The van der Waals surface area contributed by atoms with Crippen molar-refractivity contribution in [3.63, 3.8) is 0 Å². The summed E-state index contributed by atoms with van der Waals surface area (Å²) in [4.78, 5) is 11.2.